The molecule has 3 rings (SSSR count). The number of hydrogen-bond acceptors (Lipinski definition) is 2. The number of piperidine rings is 1. The molecular formula is C15H18ClF3N2O. The molecule has 0 bridgehead atoms. The highest BCUT2D eigenvalue weighted by Gasteiger charge is 2.41. The topological polar surface area (TPSA) is 32.3 Å². The minimum atomic E-state index is -4.14. The van der Waals surface area contributed by atoms with Crippen LogP contribution in [0, 0.1) is 5.92 Å². The van der Waals surface area contributed by atoms with Gasteiger partial charge in [0, 0.05) is 30.9 Å². The fourth-order valence-corrected chi connectivity index (χ4v) is 3.03. The second-order valence-corrected chi connectivity index (χ2v) is 5.66. The predicted molar refractivity (Wildman–Crippen MR) is 80.6 cm³/mol. The molecule has 0 atom stereocenters. The van der Waals surface area contributed by atoms with Gasteiger partial charge in [-0.15, -0.1) is 12.4 Å². The maximum Gasteiger partial charge on any atom is 0.391 e. The highest BCUT2D eigenvalue weighted by molar-refractivity contribution is 5.95. The Morgan fingerprint density at radius 3 is 2.55 bits per heavy atom. The van der Waals surface area contributed by atoms with Crippen molar-refractivity contribution in [2.75, 3.05) is 25.0 Å². The Bertz CT molecular complexity index is 554. The summed E-state index contributed by atoms with van der Waals surface area (Å²) in [7, 11) is 0. The SMILES string of the molecule is Cl.O=C(c1ccc2c(c1)CCN2)N1CCC(C(F)(F)F)CC1. The summed E-state index contributed by atoms with van der Waals surface area (Å²) in [6, 6.07) is 5.47. The number of benzene rings is 1. The fraction of sp³-hybridized carbons (Fsp3) is 0.533. The average molecular weight is 335 g/mol. The molecule has 0 aromatic heterocycles. The molecule has 1 aromatic rings. The molecule has 1 aromatic carbocycles. The molecule has 0 spiro atoms. The molecule has 0 unspecified atom stereocenters. The quantitative estimate of drug-likeness (QED) is 0.852. The van der Waals surface area contributed by atoms with Crippen LogP contribution < -0.4 is 5.32 Å². The summed E-state index contributed by atoms with van der Waals surface area (Å²) in [6.07, 6.45) is -3.26. The van der Waals surface area contributed by atoms with Crippen LogP contribution in [0.2, 0.25) is 0 Å². The molecule has 1 saturated heterocycles. The molecule has 1 fully saturated rings. The van der Waals surface area contributed by atoms with E-state index in [2.05, 4.69) is 5.32 Å². The summed E-state index contributed by atoms with van der Waals surface area (Å²) < 4.78 is 37.9. The van der Waals surface area contributed by atoms with E-state index in [0.717, 1.165) is 24.2 Å². The third-order valence-electron chi connectivity index (χ3n) is 4.31. The lowest BCUT2D eigenvalue weighted by Gasteiger charge is -2.33. The van der Waals surface area contributed by atoms with Crippen LogP contribution in [0.1, 0.15) is 28.8 Å². The minimum Gasteiger partial charge on any atom is -0.384 e. The Labute approximate surface area is 133 Å². The predicted octanol–water partition coefficient (Wildman–Crippen LogP) is 3.49. The standard InChI is InChI=1S/C15H17F3N2O.ClH/c16-15(17,18)12-4-7-20(8-5-12)14(21)11-1-2-13-10(9-11)3-6-19-13;/h1-2,9,12,19H,3-8H2;1H. The van der Waals surface area contributed by atoms with Crippen molar-refractivity contribution < 1.29 is 18.0 Å². The first-order valence-electron chi connectivity index (χ1n) is 7.18. The number of hydrogen-bond donors (Lipinski definition) is 1. The largest absolute Gasteiger partial charge is 0.391 e. The van der Waals surface area contributed by atoms with E-state index in [1.54, 1.807) is 6.07 Å². The van der Waals surface area contributed by atoms with E-state index >= 15 is 0 Å². The van der Waals surface area contributed by atoms with Crippen LogP contribution in [0.15, 0.2) is 18.2 Å². The van der Waals surface area contributed by atoms with Gasteiger partial charge in [-0.05, 0) is 43.0 Å². The second-order valence-electron chi connectivity index (χ2n) is 5.66. The normalized spacial score (nSPS) is 18.4. The molecule has 1 N–H and O–H groups in total. The van der Waals surface area contributed by atoms with Crippen LogP contribution in [-0.4, -0.2) is 36.6 Å². The molecule has 0 aliphatic carbocycles. The van der Waals surface area contributed by atoms with Gasteiger partial charge in [-0.2, -0.15) is 13.2 Å². The number of nitrogens with one attached hydrogen (secondary N) is 1. The summed E-state index contributed by atoms with van der Waals surface area (Å²) in [6.45, 7) is 1.22. The van der Waals surface area contributed by atoms with E-state index < -0.39 is 12.1 Å². The van der Waals surface area contributed by atoms with E-state index in [1.807, 2.05) is 12.1 Å². The molecule has 3 nitrogen and oxygen atoms in total. The van der Waals surface area contributed by atoms with E-state index in [0.29, 0.717) is 5.56 Å². The molecule has 2 heterocycles. The number of carbonyl (C=O) groups is 1. The number of nitrogens with zero attached hydrogens (tertiary/aromatic N) is 1. The number of alkyl halides is 3. The number of fused-ring (bicyclic) bond motifs is 1. The Hall–Kier alpha value is -1.43. The van der Waals surface area contributed by atoms with Crippen LogP contribution in [0.4, 0.5) is 18.9 Å². The summed E-state index contributed by atoms with van der Waals surface area (Å²) in [4.78, 5) is 13.9. The lowest BCUT2D eigenvalue weighted by Crippen LogP contribution is -2.42. The van der Waals surface area contributed by atoms with E-state index in [9.17, 15) is 18.0 Å². The van der Waals surface area contributed by atoms with Gasteiger partial charge >= 0.3 is 6.18 Å². The zero-order valence-electron chi connectivity index (χ0n) is 11.9. The van der Waals surface area contributed by atoms with Gasteiger partial charge in [-0.25, -0.2) is 0 Å². The van der Waals surface area contributed by atoms with Gasteiger partial charge in [-0.3, -0.25) is 4.79 Å². The summed E-state index contributed by atoms with van der Waals surface area (Å²) in [5, 5.41) is 3.22. The lowest BCUT2D eigenvalue weighted by molar-refractivity contribution is -0.183. The van der Waals surface area contributed by atoms with Gasteiger partial charge < -0.3 is 10.2 Å². The minimum absolute atomic E-state index is 0. The second kappa shape index (κ2) is 6.36. The number of rotatable bonds is 1. The van der Waals surface area contributed by atoms with Gasteiger partial charge in [0.25, 0.3) is 5.91 Å². The molecule has 2 aliphatic rings. The Morgan fingerprint density at radius 2 is 1.91 bits per heavy atom. The van der Waals surface area contributed by atoms with Gasteiger partial charge in [0.15, 0.2) is 0 Å². The number of halogens is 4. The van der Waals surface area contributed by atoms with E-state index in [-0.39, 0.29) is 44.2 Å². The van der Waals surface area contributed by atoms with Crippen molar-refractivity contribution in [2.45, 2.75) is 25.4 Å². The number of amides is 1. The molecule has 0 radical (unpaired) electrons. The first kappa shape index (κ1) is 16.9. The summed E-state index contributed by atoms with van der Waals surface area (Å²) in [5.74, 6) is -1.43. The molecule has 122 valence electrons. The lowest BCUT2D eigenvalue weighted by atomic mass is 9.95. The van der Waals surface area contributed by atoms with Crippen molar-refractivity contribution in [1.29, 1.82) is 0 Å². The van der Waals surface area contributed by atoms with Crippen molar-refractivity contribution in [3.63, 3.8) is 0 Å². The average Bonchev–Trinajstić information content (AvgIpc) is 2.93. The molecule has 22 heavy (non-hydrogen) atoms. The van der Waals surface area contributed by atoms with Gasteiger partial charge in [0.2, 0.25) is 0 Å². The highest BCUT2D eigenvalue weighted by Crippen LogP contribution is 2.34. The van der Waals surface area contributed by atoms with E-state index in [4.69, 9.17) is 0 Å². The number of likely N-dealkylation sites (tertiary alicyclic amines) is 1. The number of anilines is 1. The Kier molecular flexibility index (Phi) is 4.90. The molecule has 7 heteroatoms. The van der Waals surface area contributed by atoms with Crippen molar-refractivity contribution in [1.82, 2.24) is 4.90 Å². The van der Waals surface area contributed by atoms with Crippen molar-refractivity contribution >= 4 is 24.0 Å². The zero-order valence-corrected chi connectivity index (χ0v) is 12.8. The van der Waals surface area contributed by atoms with Crippen LogP contribution >= 0.6 is 12.4 Å². The molecular weight excluding hydrogens is 317 g/mol. The molecule has 2 aliphatic heterocycles. The summed E-state index contributed by atoms with van der Waals surface area (Å²) in [5.41, 5.74) is 2.72. The Balaban J connectivity index is 0.00000176. The highest BCUT2D eigenvalue weighted by atomic mass is 35.5. The monoisotopic (exact) mass is 334 g/mol. The van der Waals surface area contributed by atoms with Gasteiger partial charge in [0.1, 0.15) is 0 Å². The van der Waals surface area contributed by atoms with Crippen LogP contribution in [-0.2, 0) is 6.42 Å². The number of carbonyl (C=O) groups excluding carboxylic acids is 1. The smallest absolute Gasteiger partial charge is 0.384 e. The maximum atomic E-state index is 12.6. The fourth-order valence-electron chi connectivity index (χ4n) is 3.03. The third-order valence-corrected chi connectivity index (χ3v) is 4.31. The van der Waals surface area contributed by atoms with Crippen LogP contribution in [0.3, 0.4) is 0 Å². The van der Waals surface area contributed by atoms with Crippen molar-refractivity contribution in [3.8, 4) is 0 Å². The summed E-state index contributed by atoms with van der Waals surface area (Å²) >= 11 is 0. The van der Waals surface area contributed by atoms with Crippen LogP contribution in [0.5, 0.6) is 0 Å². The van der Waals surface area contributed by atoms with Crippen molar-refractivity contribution in [2.24, 2.45) is 5.92 Å². The molecule has 0 saturated carbocycles. The first-order valence-corrected chi connectivity index (χ1v) is 7.18. The van der Waals surface area contributed by atoms with Gasteiger partial charge in [-0.1, -0.05) is 0 Å². The Morgan fingerprint density at radius 1 is 1.23 bits per heavy atom. The van der Waals surface area contributed by atoms with Crippen LogP contribution in [0.25, 0.3) is 0 Å². The zero-order chi connectivity index (χ0) is 15.0. The third kappa shape index (κ3) is 3.32. The first-order chi connectivity index (χ1) is 9.95. The van der Waals surface area contributed by atoms with E-state index in [1.165, 1.54) is 4.90 Å². The van der Waals surface area contributed by atoms with Gasteiger partial charge in [0.05, 0.1) is 5.92 Å². The molecule has 1 amide bonds. The van der Waals surface area contributed by atoms with Crippen molar-refractivity contribution in [3.05, 3.63) is 29.3 Å². The maximum absolute atomic E-state index is 12.6.